The van der Waals surface area contributed by atoms with Gasteiger partial charge in [0.25, 0.3) is 0 Å². The highest BCUT2D eigenvalue weighted by Gasteiger charge is 2.34. The number of benzene rings is 1. The topological polar surface area (TPSA) is 91.4 Å². The molecule has 0 aliphatic carbocycles. The minimum absolute atomic E-state index is 0.200. The van der Waals surface area contributed by atoms with Gasteiger partial charge in [-0.15, -0.1) is 0 Å². The van der Waals surface area contributed by atoms with Gasteiger partial charge in [-0.2, -0.15) is 0 Å². The van der Waals surface area contributed by atoms with Crippen LogP contribution in [0.25, 0.3) is 0 Å². The Kier molecular flexibility index (Phi) is 6.45. The average Bonchev–Trinajstić information content (AvgIpc) is 2.69. The fourth-order valence-corrected chi connectivity index (χ4v) is 2.49. The smallest absolute Gasteiger partial charge is 0.355 e. The van der Waals surface area contributed by atoms with E-state index in [-0.39, 0.29) is 35.9 Å². The van der Waals surface area contributed by atoms with Gasteiger partial charge < -0.3 is 23.8 Å². The highest BCUT2D eigenvalue weighted by atomic mass is 19.2. The molecule has 0 aromatic heterocycles. The van der Waals surface area contributed by atoms with Crippen LogP contribution in [0.3, 0.4) is 0 Å². The van der Waals surface area contributed by atoms with E-state index in [2.05, 4.69) is 14.2 Å². The molecule has 10 heteroatoms. The Balaban J connectivity index is 2.54. The van der Waals surface area contributed by atoms with Crippen LogP contribution in [0.4, 0.5) is 14.5 Å². The van der Waals surface area contributed by atoms with Crippen molar-refractivity contribution in [1.29, 1.82) is 0 Å². The fraction of sp³-hybridized carbons (Fsp3) is 0.353. The van der Waals surface area contributed by atoms with Crippen LogP contribution in [-0.2, 0) is 39.8 Å². The largest absolute Gasteiger partial charge is 0.469 e. The number of nitrogens with zero attached hydrogens (tertiary/aromatic N) is 1. The molecule has 1 aliphatic rings. The zero-order valence-electron chi connectivity index (χ0n) is 14.8. The first-order valence-electron chi connectivity index (χ1n) is 7.64. The summed E-state index contributed by atoms with van der Waals surface area (Å²) < 4.78 is 47.9. The molecule has 146 valence electrons. The Morgan fingerprint density at radius 1 is 1.04 bits per heavy atom. The molecular formula is C17H17F2NO7. The van der Waals surface area contributed by atoms with Gasteiger partial charge in [-0.1, -0.05) is 6.07 Å². The van der Waals surface area contributed by atoms with Gasteiger partial charge in [-0.3, -0.25) is 4.79 Å². The van der Waals surface area contributed by atoms with E-state index in [1.165, 1.54) is 6.07 Å². The number of carbonyl (C=O) groups excluding carboxylic acids is 3. The first-order valence-corrected chi connectivity index (χ1v) is 7.64. The molecule has 0 bridgehead atoms. The monoisotopic (exact) mass is 385 g/mol. The maximum atomic E-state index is 14.6. The SMILES string of the molecule is COC(=O)Cc1ccc(N2COCC(C(=O)OC)=C2C(=O)OC)c(F)c1F. The molecule has 0 atom stereocenters. The quantitative estimate of drug-likeness (QED) is 0.549. The number of halogens is 2. The van der Waals surface area contributed by atoms with Gasteiger partial charge in [0, 0.05) is 5.56 Å². The van der Waals surface area contributed by atoms with Crippen LogP contribution in [0.2, 0.25) is 0 Å². The summed E-state index contributed by atoms with van der Waals surface area (Å²) in [6, 6.07) is 2.33. The van der Waals surface area contributed by atoms with Crippen LogP contribution in [-0.4, -0.2) is 52.6 Å². The zero-order valence-corrected chi connectivity index (χ0v) is 14.8. The normalized spacial score (nSPS) is 14.0. The van der Waals surface area contributed by atoms with E-state index in [0.717, 1.165) is 32.3 Å². The van der Waals surface area contributed by atoms with Gasteiger partial charge in [-0.05, 0) is 6.07 Å². The molecule has 1 aromatic rings. The second-order valence-corrected chi connectivity index (χ2v) is 5.34. The summed E-state index contributed by atoms with van der Waals surface area (Å²) in [6.07, 6.45) is -0.469. The molecule has 0 fully saturated rings. The van der Waals surface area contributed by atoms with Crippen LogP contribution >= 0.6 is 0 Å². The number of anilines is 1. The van der Waals surface area contributed by atoms with Crippen molar-refractivity contribution in [3.05, 3.63) is 40.6 Å². The lowest BCUT2D eigenvalue weighted by Crippen LogP contribution is -2.39. The number of esters is 3. The van der Waals surface area contributed by atoms with Crippen molar-refractivity contribution in [3.8, 4) is 0 Å². The van der Waals surface area contributed by atoms with Crippen molar-refractivity contribution in [3.63, 3.8) is 0 Å². The van der Waals surface area contributed by atoms with Crippen molar-refractivity contribution in [1.82, 2.24) is 0 Å². The second-order valence-electron chi connectivity index (χ2n) is 5.34. The lowest BCUT2D eigenvalue weighted by Gasteiger charge is -2.31. The van der Waals surface area contributed by atoms with Gasteiger partial charge in [0.2, 0.25) is 0 Å². The molecule has 0 N–H and O–H groups in total. The van der Waals surface area contributed by atoms with E-state index < -0.39 is 36.0 Å². The van der Waals surface area contributed by atoms with Crippen molar-refractivity contribution in [2.75, 3.05) is 39.6 Å². The van der Waals surface area contributed by atoms with E-state index in [1.807, 2.05) is 0 Å². The summed E-state index contributed by atoms with van der Waals surface area (Å²) in [4.78, 5) is 36.3. The Morgan fingerprint density at radius 2 is 1.70 bits per heavy atom. The van der Waals surface area contributed by atoms with Crippen molar-refractivity contribution >= 4 is 23.6 Å². The van der Waals surface area contributed by atoms with Gasteiger partial charge >= 0.3 is 17.9 Å². The second kappa shape index (κ2) is 8.58. The number of hydrogen-bond acceptors (Lipinski definition) is 8. The lowest BCUT2D eigenvalue weighted by molar-refractivity contribution is -0.140. The maximum Gasteiger partial charge on any atom is 0.355 e. The third-order valence-electron chi connectivity index (χ3n) is 3.83. The van der Waals surface area contributed by atoms with Crippen LogP contribution in [0.5, 0.6) is 0 Å². The van der Waals surface area contributed by atoms with E-state index in [4.69, 9.17) is 4.74 Å². The Bertz CT molecular complexity index is 807. The summed E-state index contributed by atoms with van der Waals surface area (Å²) in [5.41, 5.74) is -1.12. The predicted octanol–water partition coefficient (Wildman–Crippen LogP) is 1.07. The molecule has 8 nitrogen and oxygen atoms in total. The number of methoxy groups -OCH3 is 3. The molecule has 0 spiro atoms. The Hall–Kier alpha value is -3.01. The standard InChI is InChI=1S/C17H17F2NO7/c1-24-12(21)6-9-4-5-11(14(19)13(9)18)20-8-27-7-10(16(22)25-2)15(20)17(23)26-3/h4-5H,6-8H2,1-3H3. The van der Waals surface area contributed by atoms with Crippen LogP contribution in [0, 0.1) is 11.6 Å². The van der Waals surface area contributed by atoms with E-state index in [1.54, 1.807) is 0 Å². The summed E-state index contributed by atoms with van der Waals surface area (Å²) in [7, 11) is 3.30. The van der Waals surface area contributed by atoms with E-state index >= 15 is 0 Å². The molecule has 27 heavy (non-hydrogen) atoms. The molecular weight excluding hydrogens is 368 g/mol. The molecule has 2 rings (SSSR count). The van der Waals surface area contributed by atoms with Crippen LogP contribution < -0.4 is 4.90 Å². The number of carbonyl (C=O) groups is 3. The third kappa shape index (κ3) is 4.05. The average molecular weight is 385 g/mol. The number of hydrogen-bond donors (Lipinski definition) is 0. The highest BCUT2D eigenvalue weighted by Crippen LogP contribution is 2.31. The molecule has 1 heterocycles. The van der Waals surface area contributed by atoms with Gasteiger partial charge in [0.15, 0.2) is 11.6 Å². The van der Waals surface area contributed by atoms with E-state index in [0.29, 0.717) is 0 Å². The summed E-state index contributed by atoms with van der Waals surface area (Å²) >= 11 is 0. The Labute approximate surface area is 153 Å². The van der Waals surface area contributed by atoms with Gasteiger partial charge in [0.1, 0.15) is 12.4 Å². The van der Waals surface area contributed by atoms with Crippen molar-refractivity contribution in [2.45, 2.75) is 6.42 Å². The van der Waals surface area contributed by atoms with Crippen molar-refractivity contribution in [2.24, 2.45) is 0 Å². The highest BCUT2D eigenvalue weighted by molar-refractivity contribution is 6.03. The molecule has 0 amide bonds. The fourth-order valence-electron chi connectivity index (χ4n) is 2.49. The molecule has 1 aliphatic heterocycles. The van der Waals surface area contributed by atoms with Crippen molar-refractivity contribution < 1.29 is 42.1 Å². The van der Waals surface area contributed by atoms with Gasteiger partial charge in [-0.25, -0.2) is 18.4 Å². The zero-order chi connectivity index (χ0) is 20.1. The van der Waals surface area contributed by atoms with Crippen LogP contribution in [0.1, 0.15) is 5.56 Å². The molecule has 0 saturated heterocycles. The summed E-state index contributed by atoms with van der Waals surface area (Å²) in [5.74, 6) is -5.18. The predicted molar refractivity (Wildman–Crippen MR) is 86.4 cm³/mol. The molecule has 0 radical (unpaired) electrons. The maximum absolute atomic E-state index is 14.6. The first kappa shape index (κ1) is 20.3. The molecule has 1 aromatic carbocycles. The first-order chi connectivity index (χ1) is 12.8. The minimum Gasteiger partial charge on any atom is -0.469 e. The number of rotatable bonds is 5. The minimum atomic E-state index is -1.33. The Morgan fingerprint density at radius 3 is 2.30 bits per heavy atom. The van der Waals surface area contributed by atoms with Gasteiger partial charge in [0.05, 0.1) is 45.6 Å². The number of ether oxygens (including phenoxy) is 4. The lowest BCUT2D eigenvalue weighted by atomic mass is 10.1. The molecule has 0 saturated carbocycles. The summed E-state index contributed by atoms with van der Waals surface area (Å²) in [5, 5.41) is 0. The van der Waals surface area contributed by atoms with E-state index in [9.17, 15) is 23.2 Å². The third-order valence-corrected chi connectivity index (χ3v) is 3.83. The van der Waals surface area contributed by atoms with Crippen LogP contribution in [0.15, 0.2) is 23.4 Å². The molecule has 0 unspecified atom stereocenters. The summed E-state index contributed by atoms with van der Waals surface area (Å²) in [6.45, 7) is -0.601.